The van der Waals surface area contributed by atoms with Crippen LogP contribution in [0.4, 0.5) is 17.6 Å². The maximum absolute atomic E-state index is 14.5. The van der Waals surface area contributed by atoms with E-state index in [2.05, 4.69) is 39.9 Å². The number of hydrogen-bond donors (Lipinski definition) is 2. The number of halogens is 5. The number of alkyl halides is 3. The molecular formula is C42H55ClF4N7O3P. The Bertz CT molecular complexity index is 2190. The fraction of sp³-hybridized carbons (Fsp3) is 0.500. The standard InChI is InChI=1S/C38H43ClF3N7O3.C2H6FP.C2H6/c1-7-21-9-8-10-22(13-21)14-29(43-34(50)27-17-26(27)23-11-12-25-31(16-23)48(6)46-33(25)39)35(51)44-37(2,3)20-49-30(18-32(45-49)38(4,41)42)24-15-28(40)36(52)47(5)19-24;1-2(3)4;1-2/h8,10-13,15-16,18-19,21,26-27,29H,7,9,14,17,20H2,1-6H3,(H,43,50)(H,44,51);2H,4H2,1H3;1-2H3. The summed E-state index contributed by atoms with van der Waals surface area (Å²) in [5.41, 5.74) is 0.619. The Morgan fingerprint density at radius 3 is 2.40 bits per heavy atom. The highest BCUT2D eigenvalue weighted by Gasteiger charge is 2.45. The number of carbonyl (C=O) groups is 2. The zero-order valence-corrected chi connectivity index (χ0v) is 36.5. The quantitative estimate of drug-likeness (QED) is 0.109. The molecule has 1 fully saturated rings. The van der Waals surface area contributed by atoms with Crippen molar-refractivity contribution in [3.8, 4) is 11.3 Å². The van der Waals surface area contributed by atoms with E-state index in [1.54, 1.807) is 18.5 Å². The molecule has 0 aliphatic heterocycles. The van der Waals surface area contributed by atoms with Crippen molar-refractivity contribution in [1.29, 1.82) is 0 Å². The Hall–Kier alpha value is -4.29. The van der Waals surface area contributed by atoms with Gasteiger partial charge < -0.3 is 15.2 Å². The predicted octanol–water partition coefficient (Wildman–Crippen LogP) is 8.73. The van der Waals surface area contributed by atoms with Crippen LogP contribution in [0.25, 0.3) is 22.2 Å². The zero-order chi connectivity index (χ0) is 43.3. The summed E-state index contributed by atoms with van der Waals surface area (Å²) in [5.74, 6) is -5.81. The van der Waals surface area contributed by atoms with Gasteiger partial charge in [-0.1, -0.05) is 56.7 Å². The number of allylic oxidation sites excluding steroid dienone is 3. The number of benzene rings is 1. The lowest BCUT2D eigenvalue weighted by Gasteiger charge is -2.30. The van der Waals surface area contributed by atoms with Crippen LogP contribution in [0.1, 0.15) is 91.3 Å². The fourth-order valence-electron chi connectivity index (χ4n) is 6.91. The Kier molecular flexibility index (Phi) is 15.3. The maximum Gasteiger partial charge on any atom is 0.288 e. The number of carbonyl (C=O) groups excluding carboxylic acids is 2. The van der Waals surface area contributed by atoms with Gasteiger partial charge in [0.25, 0.3) is 11.5 Å². The Morgan fingerprint density at radius 2 is 1.78 bits per heavy atom. The third-order valence-corrected chi connectivity index (χ3v) is 10.2. The molecular weight excluding hydrogens is 793 g/mol. The van der Waals surface area contributed by atoms with Crippen LogP contribution >= 0.6 is 20.8 Å². The highest BCUT2D eigenvalue weighted by atomic mass is 35.5. The third kappa shape index (κ3) is 11.7. The van der Waals surface area contributed by atoms with Gasteiger partial charge in [-0.15, -0.1) is 9.24 Å². The normalized spacial score (nSPS) is 18.6. The van der Waals surface area contributed by atoms with Crippen molar-refractivity contribution in [3.63, 3.8) is 0 Å². The van der Waals surface area contributed by atoms with E-state index in [1.807, 2.05) is 54.4 Å². The number of aryl methyl sites for hydroxylation is 2. The van der Waals surface area contributed by atoms with E-state index < -0.39 is 46.4 Å². The van der Waals surface area contributed by atoms with E-state index >= 15 is 0 Å². The molecule has 2 aliphatic rings. The first kappa shape index (κ1) is 46.4. The van der Waals surface area contributed by atoms with Gasteiger partial charge in [-0.25, -0.2) is 8.78 Å². The zero-order valence-electron chi connectivity index (χ0n) is 34.5. The molecule has 0 bridgehead atoms. The van der Waals surface area contributed by atoms with E-state index in [9.17, 15) is 31.9 Å². The average Bonchev–Trinajstić information content (AvgIpc) is 3.76. The summed E-state index contributed by atoms with van der Waals surface area (Å²) in [6, 6.07) is 7.06. The van der Waals surface area contributed by atoms with E-state index in [0.29, 0.717) is 24.4 Å². The summed E-state index contributed by atoms with van der Waals surface area (Å²) in [6.45, 7) is 11.6. The Labute approximate surface area is 344 Å². The Morgan fingerprint density at radius 1 is 1.10 bits per heavy atom. The lowest BCUT2D eigenvalue weighted by molar-refractivity contribution is -0.130. The fourth-order valence-corrected chi connectivity index (χ4v) is 7.18. The van der Waals surface area contributed by atoms with Crippen molar-refractivity contribution in [2.75, 3.05) is 0 Å². The van der Waals surface area contributed by atoms with Crippen molar-refractivity contribution in [3.05, 3.63) is 92.9 Å². The van der Waals surface area contributed by atoms with E-state index in [4.69, 9.17) is 11.6 Å². The summed E-state index contributed by atoms with van der Waals surface area (Å²) in [5, 5.41) is 15.7. The van der Waals surface area contributed by atoms with Gasteiger partial charge in [0.15, 0.2) is 11.0 Å². The van der Waals surface area contributed by atoms with Crippen LogP contribution in [0.3, 0.4) is 0 Å². The van der Waals surface area contributed by atoms with Crippen LogP contribution in [-0.4, -0.2) is 53.4 Å². The molecule has 0 saturated heterocycles. The molecule has 2 aliphatic carbocycles. The van der Waals surface area contributed by atoms with Crippen LogP contribution in [0.5, 0.6) is 0 Å². The second-order valence-corrected chi connectivity index (χ2v) is 16.7. The molecule has 2 N–H and O–H groups in total. The van der Waals surface area contributed by atoms with Gasteiger partial charge in [-0.05, 0) is 87.3 Å². The van der Waals surface area contributed by atoms with Gasteiger partial charge in [-0.2, -0.15) is 19.0 Å². The SMILES string of the molecule is CC.CC(F)P.CCC1C=C(CC(NC(=O)C2CC2c2ccc3c(Cl)nn(C)c3c2)C(=O)NC(C)(C)Cn2nc(C(C)(F)F)cc2-c2cc(F)c(=O)n(C)c2)C=CC1. The number of hydrogen-bond acceptors (Lipinski definition) is 5. The van der Waals surface area contributed by atoms with Crippen LogP contribution < -0.4 is 16.2 Å². The topological polar surface area (TPSA) is 116 Å². The van der Waals surface area contributed by atoms with Gasteiger partial charge in [0.2, 0.25) is 11.8 Å². The minimum Gasteiger partial charge on any atom is -0.348 e. The number of fused-ring (bicyclic) bond motifs is 1. The van der Waals surface area contributed by atoms with E-state index in [0.717, 1.165) is 51.6 Å². The Balaban J connectivity index is 0.00000117. The van der Waals surface area contributed by atoms with Gasteiger partial charge in [0.1, 0.15) is 17.6 Å². The molecule has 0 radical (unpaired) electrons. The van der Waals surface area contributed by atoms with Crippen molar-refractivity contribution >= 4 is 43.6 Å². The van der Waals surface area contributed by atoms with Crippen molar-refractivity contribution in [1.82, 2.24) is 34.8 Å². The number of amides is 2. The van der Waals surface area contributed by atoms with Gasteiger partial charge >= 0.3 is 0 Å². The number of nitrogens with zero attached hydrogens (tertiary/aromatic N) is 5. The van der Waals surface area contributed by atoms with Gasteiger partial charge in [0, 0.05) is 50.5 Å². The predicted molar refractivity (Wildman–Crippen MR) is 225 cm³/mol. The van der Waals surface area contributed by atoms with Crippen LogP contribution in [0.15, 0.2) is 65.1 Å². The van der Waals surface area contributed by atoms with E-state index in [1.165, 1.54) is 24.9 Å². The molecule has 3 aromatic heterocycles. The largest absolute Gasteiger partial charge is 0.348 e. The maximum atomic E-state index is 14.5. The number of pyridine rings is 1. The average molecular weight is 848 g/mol. The lowest BCUT2D eigenvalue weighted by Crippen LogP contribution is -2.55. The molecule has 10 nitrogen and oxygen atoms in total. The molecule has 6 unspecified atom stereocenters. The molecule has 0 spiro atoms. The summed E-state index contributed by atoms with van der Waals surface area (Å²) < 4.78 is 58.4. The molecule has 16 heteroatoms. The lowest BCUT2D eigenvalue weighted by atomic mass is 9.90. The second-order valence-electron chi connectivity index (χ2n) is 15.5. The molecule has 6 rings (SSSR count). The summed E-state index contributed by atoms with van der Waals surface area (Å²) in [7, 11) is 5.17. The molecule has 6 atom stereocenters. The van der Waals surface area contributed by atoms with Crippen molar-refractivity contribution < 1.29 is 27.2 Å². The molecule has 58 heavy (non-hydrogen) atoms. The minimum absolute atomic E-state index is 0.0251. The monoisotopic (exact) mass is 847 g/mol. The number of nitrogens with one attached hydrogen (secondary N) is 2. The van der Waals surface area contributed by atoms with Crippen LogP contribution in [-0.2, 0) is 36.2 Å². The van der Waals surface area contributed by atoms with Crippen LogP contribution in [0.2, 0.25) is 5.15 Å². The smallest absolute Gasteiger partial charge is 0.288 e. The number of aromatic nitrogens is 5. The first-order chi connectivity index (χ1) is 27.2. The first-order valence-electron chi connectivity index (χ1n) is 19.5. The minimum atomic E-state index is -3.31. The molecule has 1 saturated carbocycles. The molecule has 2 amide bonds. The molecule has 4 aromatic rings. The summed E-state index contributed by atoms with van der Waals surface area (Å²) in [4.78, 5) is 39.8. The summed E-state index contributed by atoms with van der Waals surface area (Å²) >= 11 is 6.25. The molecule has 316 valence electrons. The van der Waals surface area contributed by atoms with Crippen molar-refractivity contribution in [2.45, 2.75) is 110 Å². The first-order valence-corrected chi connectivity index (χ1v) is 20.6. The highest BCUT2D eigenvalue weighted by Crippen LogP contribution is 2.48. The van der Waals surface area contributed by atoms with Crippen LogP contribution in [0, 0.1) is 17.7 Å². The van der Waals surface area contributed by atoms with Gasteiger partial charge in [0.05, 0.1) is 23.3 Å². The molecule has 1 aromatic carbocycles. The van der Waals surface area contributed by atoms with Crippen molar-refractivity contribution in [2.24, 2.45) is 25.9 Å². The highest BCUT2D eigenvalue weighted by molar-refractivity contribution is 7.17. The van der Waals surface area contributed by atoms with E-state index in [-0.39, 0.29) is 42.0 Å². The third-order valence-electron chi connectivity index (χ3n) is 9.88. The van der Waals surface area contributed by atoms with Gasteiger partial charge in [-0.3, -0.25) is 23.7 Å². The second kappa shape index (κ2) is 19.2. The number of rotatable bonds is 12. The molecule has 3 heterocycles. The summed E-state index contributed by atoms with van der Waals surface area (Å²) in [6.07, 6.45) is 10.3.